The van der Waals surface area contributed by atoms with E-state index in [-0.39, 0.29) is 12.2 Å². The molecule has 0 saturated heterocycles. The van der Waals surface area contributed by atoms with Crippen molar-refractivity contribution in [2.75, 3.05) is 5.32 Å². The van der Waals surface area contributed by atoms with Crippen molar-refractivity contribution in [3.8, 4) is 0 Å². The molecular formula is C27H22F2N4O2. The van der Waals surface area contributed by atoms with Crippen LogP contribution in [0.2, 0.25) is 0 Å². The first kappa shape index (κ1) is 23.7. The monoisotopic (exact) mass is 472 g/mol. The minimum absolute atomic E-state index is 0.0568. The molecule has 0 bridgehead atoms. The van der Waals surface area contributed by atoms with Crippen molar-refractivity contribution < 1.29 is 18.4 Å². The van der Waals surface area contributed by atoms with Crippen LogP contribution in [-0.2, 0) is 11.3 Å². The number of rotatable bonds is 7. The van der Waals surface area contributed by atoms with Gasteiger partial charge >= 0.3 is 0 Å². The fraction of sp³-hybridized carbons (Fsp3) is 0.111. The van der Waals surface area contributed by atoms with Gasteiger partial charge in [-0.25, -0.2) is 13.8 Å². The number of benzene rings is 3. The molecule has 0 saturated carbocycles. The Morgan fingerprint density at radius 1 is 0.886 bits per heavy atom. The van der Waals surface area contributed by atoms with Crippen LogP contribution in [-0.4, -0.2) is 26.7 Å². The molecule has 6 nitrogen and oxygen atoms in total. The molecule has 0 aliphatic carbocycles. The van der Waals surface area contributed by atoms with Crippen LogP contribution in [0.5, 0.6) is 0 Å². The summed E-state index contributed by atoms with van der Waals surface area (Å²) in [6.07, 6.45) is 4.16. The second-order valence-electron chi connectivity index (χ2n) is 7.96. The van der Waals surface area contributed by atoms with Crippen LogP contribution in [0.15, 0.2) is 91.4 Å². The molecule has 1 atom stereocenters. The molecule has 0 aliphatic heterocycles. The summed E-state index contributed by atoms with van der Waals surface area (Å²) >= 11 is 0. The third kappa shape index (κ3) is 5.92. The highest BCUT2D eigenvalue weighted by atomic mass is 19.1. The van der Waals surface area contributed by atoms with E-state index in [1.807, 2.05) is 31.2 Å². The van der Waals surface area contributed by atoms with Crippen LogP contribution >= 0.6 is 0 Å². The molecular weight excluding hydrogens is 450 g/mol. The Kier molecular flexibility index (Phi) is 7.21. The van der Waals surface area contributed by atoms with Gasteiger partial charge in [-0.15, -0.1) is 0 Å². The predicted molar refractivity (Wildman–Crippen MR) is 127 cm³/mol. The van der Waals surface area contributed by atoms with Gasteiger partial charge in [-0.2, -0.15) is 0 Å². The van der Waals surface area contributed by atoms with Gasteiger partial charge in [0.2, 0.25) is 0 Å². The zero-order valence-electron chi connectivity index (χ0n) is 18.9. The molecule has 0 fully saturated rings. The van der Waals surface area contributed by atoms with Crippen molar-refractivity contribution in [1.82, 2.24) is 14.9 Å². The number of nitrogens with zero attached hydrogens (tertiary/aromatic N) is 3. The van der Waals surface area contributed by atoms with Crippen molar-refractivity contribution in [3.05, 3.63) is 125 Å². The number of aromatic nitrogens is 2. The average molecular weight is 472 g/mol. The van der Waals surface area contributed by atoms with Crippen molar-refractivity contribution in [3.63, 3.8) is 0 Å². The summed E-state index contributed by atoms with van der Waals surface area (Å²) in [6.45, 7) is 2.03. The van der Waals surface area contributed by atoms with Gasteiger partial charge in [0.15, 0.2) is 0 Å². The zero-order valence-corrected chi connectivity index (χ0v) is 18.9. The van der Waals surface area contributed by atoms with Crippen LogP contribution in [0.1, 0.15) is 33.2 Å². The van der Waals surface area contributed by atoms with Gasteiger partial charge in [0.1, 0.15) is 23.4 Å². The fourth-order valence-corrected chi connectivity index (χ4v) is 3.59. The number of aryl methyl sites for hydroxylation is 1. The predicted octanol–water partition coefficient (Wildman–Crippen LogP) is 5.09. The first-order valence-corrected chi connectivity index (χ1v) is 10.8. The number of halogens is 2. The first-order chi connectivity index (χ1) is 16.9. The summed E-state index contributed by atoms with van der Waals surface area (Å²) in [4.78, 5) is 36.6. The Bertz CT molecular complexity index is 1300. The number of nitrogens with one attached hydrogen (secondary N) is 1. The van der Waals surface area contributed by atoms with E-state index < -0.39 is 29.5 Å². The van der Waals surface area contributed by atoms with Gasteiger partial charge in [0, 0.05) is 24.6 Å². The smallest absolute Gasteiger partial charge is 0.275 e. The maximum Gasteiger partial charge on any atom is 0.275 e. The van der Waals surface area contributed by atoms with Gasteiger partial charge in [0.25, 0.3) is 11.8 Å². The maximum absolute atomic E-state index is 13.7. The molecule has 0 spiro atoms. The number of amides is 2. The Hall–Kier alpha value is -4.46. The first-order valence-electron chi connectivity index (χ1n) is 10.8. The molecule has 4 rings (SSSR count). The van der Waals surface area contributed by atoms with Crippen LogP contribution in [0.3, 0.4) is 0 Å². The standard InChI is InChI=1S/C27H22F2N4O2/c1-18-2-4-19(5-3-18)17-33(27(35)24-16-30-14-15-31-24)25(20-6-8-21(28)9-7-20)26(34)32-23-12-10-22(29)11-13-23/h2-16,25H,17H2,1H3,(H,32,34)/t25-/m1/s1. The highest BCUT2D eigenvalue weighted by molar-refractivity contribution is 6.00. The Balaban J connectivity index is 1.77. The van der Waals surface area contributed by atoms with E-state index in [0.717, 1.165) is 11.1 Å². The quantitative estimate of drug-likeness (QED) is 0.407. The summed E-state index contributed by atoms with van der Waals surface area (Å²) in [7, 11) is 0. The molecule has 2 amide bonds. The van der Waals surface area contributed by atoms with Gasteiger partial charge in [-0.3, -0.25) is 14.6 Å². The lowest BCUT2D eigenvalue weighted by atomic mass is 10.0. The van der Waals surface area contributed by atoms with Gasteiger partial charge in [-0.05, 0) is 54.4 Å². The molecule has 1 heterocycles. The topological polar surface area (TPSA) is 75.2 Å². The van der Waals surface area contributed by atoms with Crippen LogP contribution < -0.4 is 5.32 Å². The second-order valence-corrected chi connectivity index (χ2v) is 7.96. The largest absolute Gasteiger partial charge is 0.324 e. The van der Waals surface area contributed by atoms with Crippen molar-refractivity contribution in [1.29, 1.82) is 0 Å². The van der Waals surface area contributed by atoms with E-state index in [1.165, 1.54) is 72.0 Å². The summed E-state index contributed by atoms with van der Waals surface area (Å²) in [5.74, 6) is -2.00. The van der Waals surface area contributed by atoms with Crippen LogP contribution in [0.25, 0.3) is 0 Å². The molecule has 0 aliphatic rings. The molecule has 0 unspecified atom stereocenters. The van der Waals surface area contributed by atoms with Crippen LogP contribution in [0, 0.1) is 18.6 Å². The highest BCUT2D eigenvalue weighted by Crippen LogP contribution is 2.27. The van der Waals surface area contributed by atoms with Crippen molar-refractivity contribution in [2.45, 2.75) is 19.5 Å². The third-order valence-corrected chi connectivity index (χ3v) is 5.37. The molecule has 1 N–H and O–H groups in total. The van der Waals surface area contributed by atoms with Crippen LogP contribution in [0.4, 0.5) is 14.5 Å². The summed E-state index contributed by atoms with van der Waals surface area (Å²) in [5, 5.41) is 2.73. The van der Waals surface area contributed by atoms with E-state index in [1.54, 1.807) is 0 Å². The zero-order chi connectivity index (χ0) is 24.8. The molecule has 3 aromatic carbocycles. The molecule has 4 aromatic rings. The van der Waals surface area contributed by atoms with E-state index in [4.69, 9.17) is 0 Å². The lowest BCUT2D eigenvalue weighted by Crippen LogP contribution is -2.41. The normalized spacial score (nSPS) is 11.5. The van der Waals surface area contributed by atoms with E-state index in [0.29, 0.717) is 11.3 Å². The Morgan fingerprint density at radius 3 is 2.11 bits per heavy atom. The SMILES string of the molecule is Cc1ccc(CN(C(=O)c2cnccn2)[C@@H](C(=O)Nc2ccc(F)cc2)c2ccc(F)cc2)cc1. The molecule has 8 heteroatoms. The molecule has 1 aromatic heterocycles. The second kappa shape index (κ2) is 10.6. The van der Waals surface area contributed by atoms with Gasteiger partial charge in [0.05, 0.1) is 6.20 Å². The van der Waals surface area contributed by atoms with Gasteiger partial charge < -0.3 is 10.2 Å². The lowest BCUT2D eigenvalue weighted by molar-refractivity contribution is -0.121. The number of hydrogen-bond acceptors (Lipinski definition) is 4. The molecule has 35 heavy (non-hydrogen) atoms. The maximum atomic E-state index is 13.7. The number of carbonyl (C=O) groups is 2. The van der Waals surface area contributed by atoms with E-state index >= 15 is 0 Å². The highest BCUT2D eigenvalue weighted by Gasteiger charge is 2.33. The molecule has 176 valence electrons. The number of carbonyl (C=O) groups excluding carboxylic acids is 2. The average Bonchev–Trinajstić information content (AvgIpc) is 2.87. The van der Waals surface area contributed by atoms with Crippen molar-refractivity contribution >= 4 is 17.5 Å². The van der Waals surface area contributed by atoms with E-state index in [9.17, 15) is 18.4 Å². The fourth-order valence-electron chi connectivity index (χ4n) is 3.59. The van der Waals surface area contributed by atoms with Gasteiger partial charge in [-0.1, -0.05) is 42.0 Å². The Labute approximate surface area is 201 Å². The third-order valence-electron chi connectivity index (χ3n) is 5.37. The Morgan fingerprint density at radius 2 is 1.51 bits per heavy atom. The molecule has 0 radical (unpaired) electrons. The number of anilines is 1. The minimum atomic E-state index is -1.14. The summed E-state index contributed by atoms with van der Waals surface area (Å²) in [5.41, 5.74) is 2.64. The minimum Gasteiger partial charge on any atom is -0.324 e. The van der Waals surface area contributed by atoms with Crippen molar-refractivity contribution in [2.24, 2.45) is 0 Å². The summed E-state index contributed by atoms with van der Waals surface area (Å²) < 4.78 is 27.1. The number of hydrogen-bond donors (Lipinski definition) is 1. The lowest BCUT2D eigenvalue weighted by Gasteiger charge is -2.31. The summed E-state index contributed by atoms with van der Waals surface area (Å²) in [6, 6.07) is 17.1. The van der Waals surface area contributed by atoms with E-state index in [2.05, 4.69) is 15.3 Å².